The molecule has 2 heterocycles. The largest absolute Gasteiger partial charge is 0.367 e. The molecular formula is C17H29N7O. The molecule has 0 radical (unpaired) electrons. The van der Waals surface area contributed by atoms with Crippen LogP contribution in [0.25, 0.3) is 0 Å². The molecular weight excluding hydrogens is 318 g/mol. The Morgan fingerprint density at radius 3 is 2.72 bits per heavy atom. The van der Waals surface area contributed by atoms with E-state index in [1.54, 1.807) is 19.0 Å². The fourth-order valence-electron chi connectivity index (χ4n) is 2.94. The molecule has 2 fully saturated rings. The second-order valence-electron chi connectivity index (χ2n) is 7.17. The van der Waals surface area contributed by atoms with Gasteiger partial charge in [0, 0.05) is 52.5 Å². The van der Waals surface area contributed by atoms with Crippen molar-refractivity contribution in [1.82, 2.24) is 25.3 Å². The minimum absolute atomic E-state index is 0.0116. The summed E-state index contributed by atoms with van der Waals surface area (Å²) in [6.45, 7) is 2.14. The van der Waals surface area contributed by atoms with Crippen LogP contribution in [0.5, 0.6) is 0 Å². The Kier molecular flexibility index (Phi) is 5.45. The van der Waals surface area contributed by atoms with Crippen LogP contribution in [0.15, 0.2) is 17.4 Å². The van der Waals surface area contributed by atoms with Crippen molar-refractivity contribution in [1.29, 1.82) is 0 Å². The lowest BCUT2D eigenvalue weighted by molar-refractivity contribution is -0.127. The fraction of sp³-hybridized carbons (Fsp3) is 0.706. The molecule has 0 spiro atoms. The van der Waals surface area contributed by atoms with Crippen LogP contribution in [-0.2, 0) is 11.8 Å². The first-order valence-electron chi connectivity index (χ1n) is 9.02. The summed E-state index contributed by atoms with van der Waals surface area (Å²) in [5.74, 6) is 0.772. The van der Waals surface area contributed by atoms with Crippen molar-refractivity contribution in [3.8, 4) is 0 Å². The van der Waals surface area contributed by atoms with Gasteiger partial charge in [0.25, 0.3) is 0 Å². The number of nitrogens with one attached hydrogen (secondary N) is 2. The minimum atomic E-state index is 0.0116. The van der Waals surface area contributed by atoms with Crippen LogP contribution in [0.4, 0.5) is 5.69 Å². The molecule has 1 unspecified atom stereocenters. The van der Waals surface area contributed by atoms with Gasteiger partial charge in [-0.15, -0.1) is 0 Å². The van der Waals surface area contributed by atoms with Crippen LogP contribution >= 0.6 is 0 Å². The third-order valence-corrected chi connectivity index (χ3v) is 4.61. The number of rotatable bonds is 5. The smallest absolute Gasteiger partial charge is 0.243 e. The monoisotopic (exact) mass is 347 g/mol. The Balaban J connectivity index is 1.59. The number of likely N-dealkylation sites (N-methyl/N-ethyl adjacent to an activating group) is 1. The lowest BCUT2D eigenvalue weighted by Crippen LogP contribution is -2.52. The van der Waals surface area contributed by atoms with Gasteiger partial charge in [0.05, 0.1) is 11.9 Å². The lowest BCUT2D eigenvalue weighted by atomic mass is 10.1. The summed E-state index contributed by atoms with van der Waals surface area (Å²) in [6, 6.07) is 0.812. The van der Waals surface area contributed by atoms with Crippen LogP contribution in [0.2, 0.25) is 0 Å². The maximum Gasteiger partial charge on any atom is 0.243 e. The summed E-state index contributed by atoms with van der Waals surface area (Å²) >= 11 is 0. The zero-order valence-corrected chi connectivity index (χ0v) is 15.4. The van der Waals surface area contributed by atoms with Crippen molar-refractivity contribution in [2.24, 2.45) is 12.0 Å². The van der Waals surface area contributed by atoms with Gasteiger partial charge < -0.3 is 20.4 Å². The molecule has 25 heavy (non-hydrogen) atoms. The van der Waals surface area contributed by atoms with Crippen LogP contribution in [0.3, 0.4) is 0 Å². The molecule has 1 aliphatic heterocycles. The third-order valence-electron chi connectivity index (χ3n) is 4.61. The van der Waals surface area contributed by atoms with Gasteiger partial charge in [-0.3, -0.25) is 9.48 Å². The summed E-state index contributed by atoms with van der Waals surface area (Å²) in [5, 5.41) is 11.2. The van der Waals surface area contributed by atoms with Crippen LogP contribution in [-0.4, -0.2) is 72.4 Å². The highest BCUT2D eigenvalue weighted by Gasteiger charge is 2.26. The van der Waals surface area contributed by atoms with E-state index in [1.165, 1.54) is 12.8 Å². The Morgan fingerprint density at radius 2 is 2.08 bits per heavy atom. The Hall–Kier alpha value is -2.25. The molecule has 8 heteroatoms. The van der Waals surface area contributed by atoms with E-state index in [0.717, 1.165) is 37.6 Å². The Bertz CT molecular complexity index is 620. The van der Waals surface area contributed by atoms with Gasteiger partial charge >= 0.3 is 0 Å². The van der Waals surface area contributed by atoms with Crippen LogP contribution < -0.4 is 15.5 Å². The number of carbonyl (C=O) groups excluding carboxylic acids is 1. The summed E-state index contributed by atoms with van der Waals surface area (Å²) in [7, 11) is 5.45. The molecule has 1 saturated heterocycles. The zero-order valence-electron chi connectivity index (χ0n) is 15.4. The maximum absolute atomic E-state index is 11.8. The highest BCUT2D eigenvalue weighted by atomic mass is 16.2. The van der Waals surface area contributed by atoms with E-state index in [4.69, 9.17) is 0 Å². The van der Waals surface area contributed by atoms with Gasteiger partial charge in [0.15, 0.2) is 5.96 Å². The molecule has 1 atom stereocenters. The number of aromatic nitrogens is 2. The van der Waals surface area contributed by atoms with Gasteiger partial charge in [-0.2, -0.15) is 5.10 Å². The Labute approximate surface area is 149 Å². The molecule has 1 aromatic rings. The van der Waals surface area contributed by atoms with E-state index in [0.29, 0.717) is 12.1 Å². The number of piperidine rings is 1. The van der Waals surface area contributed by atoms with Crippen LogP contribution in [0.1, 0.15) is 25.7 Å². The average molecular weight is 347 g/mol. The molecule has 2 aliphatic rings. The summed E-state index contributed by atoms with van der Waals surface area (Å²) in [5.41, 5.74) is 1.16. The Morgan fingerprint density at radius 1 is 1.32 bits per heavy atom. The maximum atomic E-state index is 11.8. The van der Waals surface area contributed by atoms with E-state index in [2.05, 4.69) is 31.8 Å². The molecule has 1 amide bonds. The molecule has 2 N–H and O–H groups in total. The second kappa shape index (κ2) is 7.76. The minimum Gasteiger partial charge on any atom is -0.367 e. The van der Waals surface area contributed by atoms with Crippen molar-refractivity contribution in [2.75, 3.05) is 38.6 Å². The number of nitrogens with zero attached hydrogens (tertiary/aromatic N) is 5. The van der Waals surface area contributed by atoms with Gasteiger partial charge in [-0.25, -0.2) is 4.99 Å². The number of aryl methyl sites for hydroxylation is 1. The first-order chi connectivity index (χ1) is 12.0. The summed E-state index contributed by atoms with van der Waals surface area (Å²) < 4.78 is 1.83. The van der Waals surface area contributed by atoms with Gasteiger partial charge in [0.2, 0.25) is 5.91 Å². The van der Waals surface area contributed by atoms with E-state index in [-0.39, 0.29) is 12.5 Å². The number of aliphatic imine (C=N–C) groups is 1. The fourth-order valence-corrected chi connectivity index (χ4v) is 2.94. The molecule has 0 bridgehead atoms. The van der Waals surface area contributed by atoms with E-state index in [1.807, 2.05) is 17.9 Å². The van der Waals surface area contributed by atoms with Crippen molar-refractivity contribution in [3.63, 3.8) is 0 Å². The quantitative estimate of drug-likeness (QED) is 0.587. The van der Waals surface area contributed by atoms with Crippen molar-refractivity contribution < 1.29 is 4.79 Å². The number of amides is 1. The highest BCUT2D eigenvalue weighted by Crippen LogP contribution is 2.20. The number of guanidine groups is 1. The predicted octanol–water partition coefficient (Wildman–Crippen LogP) is 0.175. The van der Waals surface area contributed by atoms with Crippen molar-refractivity contribution in [2.45, 2.75) is 37.8 Å². The average Bonchev–Trinajstić information content (AvgIpc) is 3.30. The summed E-state index contributed by atoms with van der Waals surface area (Å²) in [4.78, 5) is 20.2. The third kappa shape index (κ3) is 5.11. The highest BCUT2D eigenvalue weighted by molar-refractivity contribution is 5.85. The second-order valence-corrected chi connectivity index (χ2v) is 7.17. The molecule has 1 aromatic heterocycles. The topological polar surface area (TPSA) is 77.8 Å². The molecule has 1 saturated carbocycles. The molecule has 0 aromatic carbocycles. The van der Waals surface area contributed by atoms with Gasteiger partial charge in [-0.05, 0) is 25.7 Å². The molecule has 138 valence electrons. The standard InChI is InChI=1S/C17H29N7O/c1-22(2)16(25)10-18-17(20-13-6-7-13)21-14-5-4-8-24(11-14)15-9-19-23(3)12-15/h9,12-14H,4-8,10-11H2,1-3H3,(H2,18,20,21). The summed E-state index contributed by atoms with van der Waals surface area (Å²) in [6.07, 6.45) is 8.54. The van der Waals surface area contributed by atoms with E-state index < -0.39 is 0 Å². The number of anilines is 1. The lowest BCUT2D eigenvalue weighted by Gasteiger charge is -2.34. The first kappa shape index (κ1) is 17.6. The zero-order chi connectivity index (χ0) is 17.8. The number of hydrogen-bond acceptors (Lipinski definition) is 4. The molecule has 3 rings (SSSR count). The number of hydrogen-bond donors (Lipinski definition) is 2. The normalized spacial score (nSPS) is 21.2. The predicted molar refractivity (Wildman–Crippen MR) is 98.7 cm³/mol. The van der Waals surface area contributed by atoms with E-state index >= 15 is 0 Å². The van der Waals surface area contributed by atoms with Gasteiger partial charge in [-0.1, -0.05) is 0 Å². The van der Waals surface area contributed by atoms with Crippen LogP contribution in [0, 0.1) is 0 Å². The first-order valence-corrected chi connectivity index (χ1v) is 9.02. The van der Waals surface area contributed by atoms with Crippen molar-refractivity contribution in [3.05, 3.63) is 12.4 Å². The number of carbonyl (C=O) groups is 1. The van der Waals surface area contributed by atoms with E-state index in [9.17, 15) is 4.79 Å². The SMILES string of the molecule is CN(C)C(=O)CN=C(NC1CC1)NC1CCCN(c2cnn(C)c2)C1. The van der Waals surface area contributed by atoms with Crippen molar-refractivity contribution >= 4 is 17.6 Å². The van der Waals surface area contributed by atoms with Gasteiger partial charge in [0.1, 0.15) is 6.54 Å². The molecule has 1 aliphatic carbocycles. The molecule has 8 nitrogen and oxygen atoms in total.